The van der Waals surface area contributed by atoms with Crippen LogP contribution in [0.3, 0.4) is 0 Å². The number of carbonyl (C=O) groups excluding carboxylic acids is 3. The number of hydrogen-bond donors (Lipinski definition) is 1. The number of imide groups is 2. The van der Waals surface area contributed by atoms with E-state index >= 15 is 0 Å². The Labute approximate surface area is 201 Å². The van der Waals surface area contributed by atoms with Crippen LogP contribution in [0.5, 0.6) is 0 Å². The number of fused-ring (bicyclic) bond motifs is 4. The highest BCUT2D eigenvalue weighted by Gasteiger charge is 2.63. The van der Waals surface area contributed by atoms with Gasteiger partial charge in [-0.2, -0.15) is 0 Å². The summed E-state index contributed by atoms with van der Waals surface area (Å²) < 4.78 is 2.19. The van der Waals surface area contributed by atoms with Crippen LogP contribution < -0.4 is 10.2 Å². The summed E-state index contributed by atoms with van der Waals surface area (Å²) in [6, 6.07) is 9.69. The average molecular weight is 463 g/mol. The molecule has 1 spiro atoms. The topological polar surface area (TPSA) is 74.6 Å². The van der Waals surface area contributed by atoms with Gasteiger partial charge in [0.25, 0.3) is 0 Å². The first kappa shape index (κ1) is 22.7. The third-order valence-corrected chi connectivity index (χ3v) is 7.78. The maximum Gasteiger partial charge on any atom is 0.331 e. The number of nitrogens with one attached hydrogen (secondary N) is 1. The molecule has 2 atom stereocenters. The van der Waals surface area contributed by atoms with E-state index in [4.69, 9.17) is 0 Å². The molecule has 1 aromatic heterocycles. The van der Waals surface area contributed by atoms with Crippen LogP contribution in [0.15, 0.2) is 30.3 Å². The average Bonchev–Trinajstić information content (AvgIpc) is 2.94. The van der Waals surface area contributed by atoms with Crippen molar-refractivity contribution in [3.05, 3.63) is 47.3 Å². The Bertz CT molecular complexity index is 1170. The van der Waals surface area contributed by atoms with Gasteiger partial charge in [-0.1, -0.05) is 12.8 Å². The van der Waals surface area contributed by atoms with Crippen LogP contribution in [-0.4, -0.2) is 45.4 Å². The fourth-order valence-electron chi connectivity index (χ4n) is 6.25. The van der Waals surface area contributed by atoms with E-state index in [-0.39, 0.29) is 11.9 Å². The molecule has 1 N–H and O–H groups in total. The fourth-order valence-corrected chi connectivity index (χ4v) is 6.25. The number of rotatable bonds is 1. The van der Waals surface area contributed by atoms with E-state index in [1.165, 1.54) is 4.90 Å². The zero-order valence-corrected chi connectivity index (χ0v) is 20.8. The first-order chi connectivity index (χ1) is 16.1. The fraction of sp³-hybridized carbons (Fsp3) is 0.519. The second-order valence-corrected chi connectivity index (χ2v) is 11.0. The SMILES string of the molecule is Cc1ccc(C)n1-c1ccc2c(c1)C[C@]1(C(=O)NC(=O)N(C(C)(C)C)C1=O)[C@H]1CCCCCN21. The number of barbiturate groups is 1. The second kappa shape index (κ2) is 7.72. The van der Waals surface area contributed by atoms with Gasteiger partial charge in [0.05, 0.1) is 6.04 Å². The molecule has 2 saturated heterocycles. The molecule has 1 aromatic carbocycles. The molecule has 0 bridgehead atoms. The number of anilines is 1. The predicted molar refractivity (Wildman–Crippen MR) is 131 cm³/mol. The van der Waals surface area contributed by atoms with E-state index in [0.717, 1.165) is 60.6 Å². The van der Waals surface area contributed by atoms with Gasteiger partial charge in [0, 0.05) is 34.8 Å². The van der Waals surface area contributed by atoms with Gasteiger partial charge in [-0.25, -0.2) is 4.79 Å². The molecule has 3 aliphatic heterocycles. The zero-order chi connectivity index (χ0) is 24.4. The predicted octanol–water partition coefficient (Wildman–Crippen LogP) is 4.26. The lowest BCUT2D eigenvalue weighted by atomic mass is 9.67. The zero-order valence-electron chi connectivity index (χ0n) is 20.8. The quantitative estimate of drug-likeness (QED) is 0.643. The summed E-state index contributed by atoms with van der Waals surface area (Å²) in [5, 5.41) is 2.57. The van der Waals surface area contributed by atoms with E-state index in [1.54, 1.807) is 0 Å². The van der Waals surface area contributed by atoms with Crippen LogP contribution in [0.1, 0.15) is 63.4 Å². The standard InChI is InChI=1S/C27H34N4O3/c1-17-10-11-18(2)30(17)20-12-13-21-19(15-20)16-27(22-9-7-6-8-14-29(21)22)23(32)28-25(34)31(24(27)33)26(3,4)5/h10-13,15,22H,6-9,14,16H2,1-5H3,(H,28,32,34)/t22-,27-/m1/s1. The molecule has 7 nitrogen and oxygen atoms in total. The van der Waals surface area contributed by atoms with Crippen molar-refractivity contribution in [2.45, 2.75) is 78.3 Å². The number of aromatic nitrogens is 1. The van der Waals surface area contributed by atoms with Gasteiger partial charge in [-0.15, -0.1) is 0 Å². The first-order valence-electron chi connectivity index (χ1n) is 12.3. The molecule has 34 heavy (non-hydrogen) atoms. The van der Waals surface area contributed by atoms with Gasteiger partial charge < -0.3 is 9.47 Å². The van der Waals surface area contributed by atoms with Gasteiger partial charge in [0.1, 0.15) is 0 Å². The van der Waals surface area contributed by atoms with E-state index in [9.17, 15) is 14.4 Å². The number of nitrogens with zero attached hydrogens (tertiary/aromatic N) is 3. The molecule has 4 heterocycles. The Balaban J connectivity index is 1.70. The highest BCUT2D eigenvalue weighted by Crippen LogP contribution is 2.48. The maximum absolute atomic E-state index is 14.2. The minimum absolute atomic E-state index is 0.270. The molecule has 0 saturated carbocycles. The summed E-state index contributed by atoms with van der Waals surface area (Å²) in [4.78, 5) is 44.2. The third kappa shape index (κ3) is 3.20. The number of benzene rings is 1. The van der Waals surface area contributed by atoms with Crippen molar-refractivity contribution in [3.8, 4) is 5.69 Å². The summed E-state index contributed by atoms with van der Waals surface area (Å²) in [7, 11) is 0. The summed E-state index contributed by atoms with van der Waals surface area (Å²) in [5.41, 5.74) is 3.32. The monoisotopic (exact) mass is 462 g/mol. The molecule has 0 unspecified atom stereocenters. The number of amides is 4. The lowest BCUT2D eigenvalue weighted by Gasteiger charge is -2.53. The van der Waals surface area contributed by atoms with Crippen LogP contribution in [0, 0.1) is 19.3 Å². The Morgan fingerprint density at radius 2 is 1.68 bits per heavy atom. The van der Waals surface area contributed by atoms with Gasteiger partial charge in [-0.05, 0) is 89.8 Å². The van der Waals surface area contributed by atoms with Crippen molar-refractivity contribution in [1.29, 1.82) is 0 Å². The Hall–Kier alpha value is -3.09. The van der Waals surface area contributed by atoms with E-state index < -0.39 is 22.9 Å². The second-order valence-electron chi connectivity index (χ2n) is 11.0. The molecular weight excluding hydrogens is 428 g/mol. The van der Waals surface area contributed by atoms with Crippen molar-refractivity contribution in [2.24, 2.45) is 5.41 Å². The normalized spacial score (nSPS) is 25.2. The van der Waals surface area contributed by atoms with Gasteiger partial charge in [-0.3, -0.25) is 19.8 Å². The number of carbonyl (C=O) groups is 3. The lowest BCUT2D eigenvalue weighted by Crippen LogP contribution is -2.74. The van der Waals surface area contributed by atoms with Gasteiger partial charge in [0.15, 0.2) is 5.41 Å². The Morgan fingerprint density at radius 1 is 0.971 bits per heavy atom. The summed E-state index contributed by atoms with van der Waals surface area (Å²) in [5.74, 6) is -0.820. The van der Waals surface area contributed by atoms with Crippen LogP contribution in [0.2, 0.25) is 0 Å². The van der Waals surface area contributed by atoms with Gasteiger partial charge in [0.2, 0.25) is 11.8 Å². The van der Waals surface area contributed by atoms with E-state index in [1.807, 2.05) is 20.8 Å². The molecule has 0 radical (unpaired) electrons. The van der Waals surface area contributed by atoms with Crippen molar-refractivity contribution >= 4 is 23.5 Å². The molecule has 2 fully saturated rings. The van der Waals surface area contributed by atoms with Crippen molar-refractivity contribution in [2.75, 3.05) is 11.4 Å². The van der Waals surface area contributed by atoms with Crippen LogP contribution in [0.25, 0.3) is 5.69 Å². The summed E-state index contributed by atoms with van der Waals surface area (Å²) in [6.45, 7) is 10.5. The molecule has 3 aliphatic rings. The van der Waals surface area contributed by atoms with Crippen molar-refractivity contribution < 1.29 is 14.4 Å². The smallest absolute Gasteiger partial charge is 0.331 e. The highest BCUT2D eigenvalue weighted by molar-refractivity contribution is 6.20. The summed E-state index contributed by atoms with van der Waals surface area (Å²) in [6.07, 6.45) is 4.09. The number of aryl methyl sites for hydroxylation is 2. The molecule has 5 rings (SSSR count). The van der Waals surface area contributed by atoms with Gasteiger partial charge >= 0.3 is 6.03 Å². The largest absolute Gasteiger partial charge is 0.367 e. The number of hydrogen-bond acceptors (Lipinski definition) is 4. The van der Waals surface area contributed by atoms with Crippen LogP contribution in [0.4, 0.5) is 10.5 Å². The van der Waals surface area contributed by atoms with E-state index in [2.05, 4.69) is 59.0 Å². The molecule has 180 valence electrons. The Morgan fingerprint density at radius 3 is 2.35 bits per heavy atom. The van der Waals surface area contributed by atoms with Crippen LogP contribution in [-0.2, 0) is 16.0 Å². The minimum Gasteiger partial charge on any atom is -0.367 e. The molecular formula is C27H34N4O3. The minimum atomic E-state index is -1.32. The van der Waals surface area contributed by atoms with Crippen LogP contribution >= 0.6 is 0 Å². The first-order valence-corrected chi connectivity index (χ1v) is 12.3. The molecule has 0 aliphatic carbocycles. The molecule has 7 heteroatoms. The Kier molecular flexibility index (Phi) is 5.15. The summed E-state index contributed by atoms with van der Waals surface area (Å²) >= 11 is 0. The molecule has 2 aromatic rings. The van der Waals surface area contributed by atoms with E-state index in [0.29, 0.717) is 6.42 Å². The number of urea groups is 1. The van der Waals surface area contributed by atoms with Crippen molar-refractivity contribution in [1.82, 2.24) is 14.8 Å². The molecule has 4 amide bonds. The van der Waals surface area contributed by atoms with Crippen molar-refractivity contribution in [3.63, 3.8) is 0 Å². The third-order valence-electron chi connectivity index (χ3n) is 7.78. The maximum atomic E-state index is 14.2. The lowest BCUT2D eigenvalue weighted by molar-refractivity contribution is -0.156. The highest BCUT2D eigenvalue weighted by atomic mass is 16.2.